The molecule has 1 heterocycles. The summed E-state index contributed by atoms with van der Waals surface area (Å²) in [5, 5.41) is 9.61. The lowest BCUT2D eigenvalue weighted by Crippen LogP contribution is -2.33. The molecule has 0 aromatic carbocycles. The minimum absolute atomic E-state index is 0.103. The molecule has 15 heavy (non-hydrogen) atoms. The molecule has 0 aromatic heterocycles. The van der Waals surface area contributed by atoms with Crippen LogP contribution in [0.1, 0.15) is 25.7 Å². The molecule has 0 bridgehead atoms. The molecule has 2 aliphatic carbocycles. The minimum Gasteiger partial charge on any atom is -0.393 e. The maximum Gasteiger partial charge on any atom is 0.217 e. The minimum atomic E-state index is -3.01. The van der Waals surface area contributed by atoms with E-state index in [1.54, 1.807) is 4.31 Å². The van der Waals surface area contributed by atoms with Crippen LogP contribution in [0.4, 0.5) is 0 Å². The van der Waals surface area contributed by atoms with E-state index in [1.165, 1.54) is 0 Å². The van der Waals surface area contributed by atoms with Crippen molar-refractivity contribution in [2.24, 2.45) is 11.8 Å². The zero-order valence-electron chi connectivity index (χ0n) is 8.67. The maximum absolute atomic E-state index is 12.0. The molecule has 3 aliphatic rings. The smallest absolute Gasteiger partial charge is 0.217 e. The number of sulfonamides is 1. The SMILES string of the molecule is O=S(=O)(C1CC1)N1CC2CCC(O)C2C1. The Labute approximate surface area is 90.3 Å². The summed E-state index contributed by atoms with van der Waals surface area (Å²) in [4.78, 5) is 0. The van der Waals surface area contributed by atoms with Gasteiger partial charge in [0.1, 0.15) is 0 Å². The first-order valence-electron chi connectivity index (χ1n) is 5.76. The number of aliphatic hydroxyl groups excluding tert-OH is 1. The largest absolute Gasteiger partial charge is 0.393 e. The van der Waals surface area contributed by atoms with E-state index < -0.39 is 10.0 Å². The van der Waals surface area contributed by atoms with Crippen LogP contribution < -0.4 is 0 Å². The molecule has 3 atom stereocenters. The van der Waals surface area contributed by atoms with Crippen molar-refractivity contribution in [2.75, 3.05) is 13.1 Å². The van der Waals surface area contributed by atoms with Crippen molar-refractivity contribution in [1.82, 2.24) is 4.31 Å². The number of fused-ring (bicyclic) bond motifs is 1. The number of hydrogen-bond acceptors (Lipinski definition) is 3. The summed E-state index contributed by atoms with van der Waals surface area (Å²) >= 11 is 0. The van der Waals surface area contributed by atoms with Crippen LogP contribution in [0.2, 0.25) is 0 Å². The molecule has 0 spiro atoms. The van der Waals surface area contributed by atoms with Gasteiger partial charge in [-0.05, 0) is 31.6 Å². The average molecular weight is 231 g/mol. The van der Waals surface area contributed by atoms with Gasteiger partial charge in [-0.25, -0.2) is 12.7 Å². The molecule has 4 nitrogen and oxygen atoms in total. The third-order valence-corrected chi connectivity index (χ3v) is 6.42. The monoisotopic (exact) mass is 231 g/mol. The summed E-state index contributed by atoms with van der Waals surface area (Å²) < 4.78 is 25.6. The van der Waals surface area contributed by atoms with Gasteiger partial charge < -0.3 is 5.11 Å². The standard InChI is InChI=1S/C10H17NO3S/c12-10-4-1-7-5-11(6-9(7)10)15(13,14)8-2-3-8/h7-10,12H,1-6H2. The van der Waals surface area contributed by atoms with E-state index in [-0.39, 0.29) is 17.3 Å². The normalized spacial score (nSPS) is 42.1. The second-order valence-corrected chi connectivity index (χ2v) is 7.34. The number of rotatable bonds is 2. The van der Waals surface area contributed by atoms with Gasteiger partial charge in [-0.15, -0.1) is 0 Å². The average Bonchev–Trinajstić information content (AvgIpc) is 2.86. The fraction of sp³-hybridized carbons (Fsp3) is 1.00. The summed E-state index contributed by atoms with van der Waals surface area (Å²) in [5.74, 6) is 0.618. The van der Waals surface area contributed by atoms with E-state index in [1.807, 2.05) is 0 Å². The van der Waals surface area contributed by atoms with Crippen LogP contribution in [0.15, 0.2) is 0 Å². The quantitative estimate of drug-likeness (QED) is 0.737. The lowest BCUT2D eigenvalue weighted by molar-refractivity contribution is 0.129. The summed E-state index contributed by atoms with van der Waals surface area (Å²) in [5.41, 5.74) is 0. The highest BCUT2D eigenvalue weighted by molar-refractivity contribution is 7.90. The van der Waals surface area contributed by atoms with Crippen LogP contribution in [0.25, 0.3) is 0 Å². The van der Waals surface area contributed by atoms with Crippen LogP contribution in [0, 0.1) is 11.8 Å². The molecule has 3 rings (SSSR count). The van der Waals surface area contributed by atoms with E-state index in [0.717, 1.165) is 25.7 Å². The highest BCUT2D eigenvalue weighted by Gasteiger charge is 2.49. The van der Waals surface area contributed by atoms with Crippen LogP contribution in [-0.4, -0.2) is 42.3 Å². The molecule has 2 saturated carbocycles. The topological polar surface area (TPSA) is 57.6 Å². The van der Waals surface area contributed by atoms with Crippen LogP contribution >= 0.6 is 0 Å². The first-order chi connectivity index (χ1) is 7.09. The fourth-order valence-electron chi connectivity index (χ4n) is 2.98. The van der Waals surface area contributed by atoms with Crippen molar-refractivity contribution in [1.29, 1.82) is 0 Å². The van der Waals surface area contributed by atoms with Crippen molar-refractivity contribution in [3.05, 3.63) is 0 Å². The van der Waals surface area contributed by atoms with Crippen molar-refractivity contribution in [3.8, 4) is 0 Å². The molecule has 3 fully saturated rings. The number of nitrogens with zero attached hydrogens (tertiary/aromatic N) is 1. The number of hydrogen-bond donors (Lipinski definition) is 1. The second-order valence-electron chi connectivity index (χ2n) is 5.13. The molecule has 1 aliphatic heterocycles. The Hall–Kier alpha value is -0.130. The van der Waals surface area contributed by atoms with E-state index in [9.17, 15) is 13.5 Å². The van der Waals surface area contributed by atoms with Crippen LogP contribution in [0.5, 0.6) is 0 Å². The maximum atomic E-state index is 12.0. The van der Waals surface area contributed by atoms with Gasteiger partial charge in [0.05, 0.1) is 11.4 Å². The van der Waals surface area contributed by atoms with E-state index in [0.29, 0.717) is 19.0 Å². The van der Waals surface area contributed by atoms with E-state index >= 15 is 0 Å². The van der Waals surface area contributed by atoms with Gasteiger partial charge >= 0.3 is 0 Å². The van der Waals surface area contributed by atoms with Gasteiger partial charge in [0, 0.05) is 19.0 Å². The Kier molecular flexibility index (Phi) is 2.13. The molecular weight excluding hydrogens is 214 g/mol. The second kappa shape index (κ2) is 3.18. The lowest BCUT2D eigenvalue weighted by atomic mass is 10.00. The van der Waals surface area contributed by atoms with Crippen LogP contribution in [0.3, 0.4) is 0 Å². The van der Waals surface area contributed by atoms with E-state index in [4.69, 9.17) is 0 Å². The predicted molar refractivity (Wildman–Crippen MR) is 55.7 cm³/mol. The number of aliphatic hydroxyl groups is 1. The molecule has 0 aromatic rings. The van der Waals surface area contributed by atoms with E-state index in [2.05, 4.69) is 0 Å². The zero-order valence-corrected chi connectivity index (χ0v) is 9.49. The molecule has 1 saturated heterocycles. The van der Waals surface area contributed by atoms with Crippen molar-refractivity contribution >= 4 is 10.0 Å². The fourth-order valence-corrected chi connectivity index (χ4v) is 4.91. The predicted octanol–water partition coefficient (Wildman–Crippen LogP) is 0.181. The molecule has 3 unspecified atom stereocenters. The Morgan fingerprint density at radius 3 is 2.40 bits per heavy atom. The van der Waals surface area contributed by atoms with Gasteiger partial charge in [-0.2, -0.15) is 0 Å². The summed E-state index contributed by atoms with van der Waals surface area (Å²) in [6, 6.07) is 0. The van der Waals surface area contributed by atoms with Gasteiger partial charge in [-0.1, -0.05) is 0 Å². The molecule has 0 radical (unpaired) electrons. The Balaban J connectivity index is 1.76. The first-order valence-corrected chi connectivity index (χ1v) is 7.26. The molecule has 5 heteroatoms. The molecular formula is C10H17NO3S. The summed E-state index contributed by atoms with van der Waals surface area (Å²) in [6.45, 7) is 1.21. The highest BCUT2D eigenvalue weighted by atomic mass is 32.2. The summed E-state index contributed by atoms with van der Waals surface area (Å²) in [6.07, 6.45) is 3.23. The third-order valence-electron chi connectivity index (χ3n) is 4.09. The van der Waals surface area contributed by atoms with Crippen molar-refractivity contribution < 1.29 is 13.5 Å². The Bertz CT molecular complexity index is 363. The molecule has 1 N–H and O–H groups in total. The Morgan fingerprint density at radius 2 is 1.80 bits per heavy atom. The zero-order chi connectivity index (χ0) is 10.6. The third kappa shape index (κ3) is 1.52. The van der Waals surface area contributed by atoms with Gasteiger partial charge in [-0.3, -0.25) is 0 Å². The Morgan fingerprint density at radius 1 is 1.07 bits per heavy atom. The first kappa shape index (κ1) is 10.1. The van der Waals surface area contributed by atoms with Crippen molar-refractivity contribution in [2.45, 2.75) is 37.0 Å². The lowest BCUT2D eigenvalue weighted by Gasteiger charge is -2.17. The van der Waals surface area contributed by atoms with Gasteiger partial charge in [0.15, 0.2) is 0 Å². The van der Waals surface area contributed by atoms with Crippen molar-refractivity contribution in [3.63, 3.8) is 0 Å². The highest BCUT2D eigenvalue weighted by Crippen LogP contribution is 2.41. The molecule has 0 amide bonds. The summed E-state index contributed by atoms with van der Waals surface area (Å²) in [7, 11) is -3.01. The van der Waals surface area contributed by atoms with Gasteiger partial charge in [0.2, 0.25) is 10.0 Å². The van der Waals surface area contributed by atoms with Crippen LogP contribution in [-0.2, 0) is 10.0 Å². The van der Waals surface area contributed by atoms with Gasteiger partial charge in [0.25, 0.3) is 0 Å². The molecule has 86 valence electrons.